The summed E-state index contributed by atoms with van der Waals surface area (Å²) in [6.07, 6.45) is 43.3. The van der Waals surface area contributed by atoms with Crippen molar-refractivity contribution in [2.24, 2.45) is 0 Å². The molecule has 5 heteroatoms. The molecule has 0 saturated carbocycles. The first-order valence-electron chi connectivity index (χ1n) is 19.8. The Hall–Kier alpha value is 0.140. The standard InChI is InChI=1S/C40H75O2PS2/c1-3-5-7-9-11-13-15-17-19-21-23-25-27-29-31-34-38-36-33-37-39(40(38)45-43(41,42)44)35-32-30-28-26-24-22-20-18-16-14-12-10-8-6-4-2/h33,36-37H,3-32,34-35H2,1-2H3,(H2,41,42,44). The van der Waals surface area contributed by atoms with Crippen molar-refractivity contribution in [2.75, 3.05) is 0 Å². The van der Waals surface area contributed by atoms with Gasteiger partial charge in [0.05, 0.1) is 0 Å². The third-order valence-corrected chi connectivity index (χ3v) is 12.4. The maximum atomic E-state index is 10.2. The number of hydrogen-bond donors (Lipinski definition) is 2. The van der Waals surface area contributed by atoms with Gasteiger partial charge in [-0.15, -0.1) is 0 Å². The second kappa shape index (κ2) is 31.4. The average Bonchev–Trinajstić information content (AvgIpc) is 3.01. The molecule has 0 bridgehead atoms. The first-order valence-corrected chi connectivity index (χ1v) is 24.0. The topological polar surface area (TPSA) is 40.5 Å². The third kappa shape index (κ3) is 27.8. The van der Waals surface area contributed by atoms with Crippen LogP contribution in [0.3, 0.4) is 0 Å². The van der Waals surface area contributed by atoms with Crippen LogP contribution in [0.15, 0.2) is 23.1 Å². The first-order chi connectivity index (χ1) is 22.0. The molecule has 0 aliphatic rings. The van der Waals surface area contributed by atoms with Crippen molar-refractivity contribution in [1.29, 1.82) is 0 Å². The summed E-state index contributed by atoms with van der Waals surface area (Å²) in [5.74, 6) is 0. The van der Waals surface area contributed by atoms with Gasteiger partial charge in [-0.05, 0) is 60.0 Å². The Morgan fingerprint density at radius 1 is 0.444 bits per heavy atom. The summed E-state index contributed by atoms with van der Waals surface area (Å²) in [6.45, 7) is 4.58. The summed E-state index contributed by atoms with van der Waals surface area (Å²) >= 11 is 6.24. The minimum absolute atomic E-state index is 1.02. The van der Waals surface area contributed by atoms with Crippen LogP contribution in [-0.4, -0.2) is 9.79 Å². The molecule has 0 fully saturated rings. The molecule has 0 spiro atoms. The lowest BCUT2D eigenvalue weighted by molar-refractivity contribution is 0.502. The molecule has 45 heavy (non-hydrogen) atoms. The van der Waals surface area contributed by atoms with E-state index in [0.29, 0.717) is 0 Å². The van der Waals surface area contributed by atoms with Gasteiger partial charge >= 0.3 is 0 Å². The third-order valence-electron chi connectivity index (χ3n) is 9.49. The van der Waals surface area contributed by atoms with Crippen molar-refractivity contribution in [2.45, 2.75) is 224 Å². The van der Waals surface area contributed by atoms with Crippen molar-refractivity contribution in [3.63, 3.8) is 0 Å². The molecule has 2 nitrogen and oxygen atoms in total. The zero-order chi connectivity index (χ0) is 32.7. The molecule has 2 N–H and O–H groups in total. The zero-order valence-corrected chi connectivity index (χ0v) is 32.5. The van der Waals surface area contributed by atoms with E-state index in [1.54, 1.807) is 0 Å². The highest BCUT2D eigenvalue weighted by molar-refractivity contribution is 8.67. The van der Waals surface area contributed by atoms with Crippen molar-refractivity contribution in [3.05, 3.63) is 29.3 Å². The molecule has 0 heterocycles. The minimum Gasteiger partial charge on any atom is -0.337 e. The Labute approximate surface area is 291 Å². The summed E-state index contributed by atoms with van der Waals surface area (Å²) in [7, 11) is 0. The van der Waals surface area contributed by atoms with E-state index in [1.807, 2.05) is 0 Å². The van der Waals surface area contributed by atoms with Gasteiger partial charge in [0, 0.05) is 4.90 Å². The molecule has 264 valence electrons. The number of benzene rings is 1. The van der Waals surface area contributed by atoms with Crippen molar-refractivity contribution in [1.82, 2.24) is 0 Å². The van der Waals surface area contributed by atoms with E-state index < -0.39 is 5.69 Å². The molecule has 0 atom stereocenters. The second-order valence-corrected chi connectivity index (χ2v) is 19.8. The normalized spacial score (nSPS) is 11.9. The Bertz CT molecular complexity index is 772. The maximum Gasteiger partial charge on any atom is 0.246 e. The Kier molecular flexibility index (Phi) is 30.1. The molecule has 0 unspecified atom stereocenters. The smallest absolute Gasteiger partial charge is 0.246 e. The number of rotatable bonds is 34. The molecule has 0 aliphatic carbocycles. The Balaban J connectivity index is 2.18. The molecule has 0 aliphatic heterocycles. The van der Waals surface area contributed by atoms with Gasteiger partial charge < -0.3 is 9.79 Å². The SMILES string of the molecule is CCCCCCCCCCCCCCCCCc1cccc(CCCCCCCCCCCCCCCCC)c1SP(O)(O)=S. The molecular formula is C40H75O2PS2. The van der Waals surface area contributed by atoms with E-state index in [2.05, 4.69) is 32.0 Å². The van der Waals surface area contributed by atoms with Gasteiger partial charge in [0.15, 0.2) is 0 Å². The lowest BCUT2D eigenvalue weighted by Gasteiger charge is -2.16. The maximum absolute atomic E-state index is 10.2. The fourth-order valence-electron chi connectivity index (χ4n) is 6.64. The Morgan fingerprint density at radius 2 is 0.689 bits per heavy atom. The van der Waals surface area contributed by atoms with E-state index in [-0.39, 0.29) is 0 Å². The van der Waals surface area contributed by atoms with Crippen LogP contribution < -0.4 is 0 Å². The minimum atomic E-state index is -3.34. The molecule has 1 aromatic rings. The summed E-state index contributed by atoms with van der Waals surface area (Å²) in [6, 6.07) is 6.55. The molecular weight excluding hydrogens is 608 g/mol. The van der Waals surface area contributed by atoms with Crippen LogP contribution in [0, 0.1) is 0 Å². The highest BCUT2D eigenvalue weighted by Crippen LogP contribution is 2.56. The molecule has 0 amide bonds. The van der Waals surface area contributed by atoms with Crippen molar-refractivity contribution < 1.29 is 9.79 Å². The quantitative estimate of drug-likeness (QED) is 0.0561. The first kappa shape index (κ1) is 43.2. The second-order valence-electron chi connectivity index (χ2n) is 13.9. The van der Waals surface area contributed by atoms with E-state index in [1.165, 1.54) is 215 Å². The molecule has 0 aromatic heterocycles. The molecule has 0 saturated heterocycles. The fraction of sp³-hybridized carbons (Fsp3) is 0.850. The average molecular weight is 683 g/mol. The molecule has 1 rings (SSSR count). The van der Waals surface area contributed by atoms with Crippen LogP contribution in [0.5, 0.6) is 0 Å². The van der Waals surface area contributed by atoms with E-state index >= 15 is 0 Å². The fourth-order valence-corrected chi connectivity index (χ4v) is 9.54. The van der Waals surface area contributed by atoms with Crippen LogP contribution in [-0.2, 0) is 24.6 Å². The summed E-state index contributed by atoms with van der Waals surface area (Å²) in [5, 5.41) is 0. The van der Waals surface area contributed by atoms with Crippen LogP contribution in [0.1, 0.15) is 218 Å². The summed E-state index contributed by atoms with van der Waals surface area (Å²) in [4.78, 5) is 21.4. The lowest BCUT2D eigenvalue weighted by Crippen LogP contribution is -1.96. The Morgan fingerprint density at radius 3 is 0.933 bits per heavy atom. The lowest BCUT2D eigenvalue weighted by atomic mass is 9.99. The number of hydrogen-bond acceptors (Lipinski definition) is 2. The van der Waals surface area contributed by atoms with Crippen molar-refractivity contribution >= 4 is 28.9 Å². The summed E-state index contributed by atoms with van der Waals surface area (Å²) in [5.41, 5.74) is -0.803. The van der Waals surface area contributed by atoms with Crippen molar-refractivity contribution in [3.8, 4) is 0 Å². The predicted molar refractivity (Wildman–Crippen MR) is 208 cm³/mol. The van der Waals surface area contributed by atoms with Gasteiger partial charge in [-0.25, -0.2) is 0 Å². The number of aryl methyl sites for hydroxylation is 2. The highest BCUT2D eigenvalue weighted by atomic mass is 32.9. The number of unbranched alkanes of at least 4 members (excludes halogenated alkanes) is 28. The van der Waals surface area contributed by atoms with Gasteiger partial charge in [-0.3, -0.25) is 0 Å². The van der Waals surface area contributed by atoms with Gasteiger partial charge in [0.1, 0.15) is 0 Å². The van der Waals surface area contributed by atoms with Gasteiger partial charge in [0.2, 0.25) is 5.69 Å². The summed E-state index contributed by atoms with van der Waals surface area (Å²) < 4.78 is 0. The molecule has 0 radical (unpaired) electrons. The van der Waals surface area contributed by atoms with E-state index in [4.69, 9.17) is 11.8 Å². The van der Waals surface area contributed by atoms with Crippen LogP contribution in [0.4, 0.5) is 0 Å². The molecule has 1 aromatic carbocycles. The largest absolute Gasteiger partial charge is 0.337 e. The van der Waals surface area contributed by atoms with Gasteiger partial charge in [0.25, 0.3) is 0 Å². The van der Waals surface area contributed by atoms with E-state index in [9.17, 15) is 9.79 Å². The zero-order valence-electron chi connectivity index (χ0n) is 30.0. The monoisotopic (exact) mass is 682 g/mol. The van der Waals surface area contributed by atoms with Gasteiger partial charge in [-0.2, -0.15) is 0 Å². The van der Waals surface area contributed by atoms with Crippen LogP contribution >= 0.6 is 17.1 Å². The van der Waals surface area contributed by atoms with Gasteiger partial charge in [-0.1, -0.05) is 212 Å². The predicted octanol–water partition coefficient (Wildman–Crippen LogP) is 14.8. The highest BCUT2D eigenvalue weighted by Gasteiger charge is 2.17. The van der Waals surface area contributed by atoms with Crippen LogP contribution in [0.2, 0.25) is 0 Å². The van der Waals surface area contributed by atoms with Crippen LogP contribution in [0.25, 0.3) is 0 Å². The van der Waals surface area contributed by atoms with E-state index in [0.717, 1.165) is 17.7 Å².